The van der Waals surface area contributed by atoms with E-state index in [0.29, 0.717) is 0 Å². The normalized spacial score (nSPS) is 31.8. The number of nitrogens with zero attached hydrogens (tertiary/aromatic N) is 2. The fraction of sp³-hybridized carbons (Fsp3) is 0.526. The molecule has 2 N–H and O–H groups in total. The Morgan fingerprint density at radius 1 is 1.36 bits per heavy atom. The number of benzene rings is 1. The molecule has 25 heavy (non-hydrogen) atoms. The van der Waals surface area contributed by atoms with Gasteiger partial charge in [-0.15, -0.1) is 11.8 Å². The molecule has 2 aliphatic rings. The van der Waals surface area contributed by atoms with Crippen LogP contribution in [0.1, 0.15) is 38.7 Å². The van der Waals surface area contributed by atoms with E-state index in [2.05, 4.69) is 53.9 Å². The van der Waals surface area contributed by atoms with Gasteiger partial charge in [0.15, 0.2) is 0 Å². The zero-order valence-electron chi connectivity index (χ0n) is 14.9. The lowest BCUT2D eigenvalue weighted by atomic mass is 9.86. The van der Waals surface area contributed by atoms with Crippen molar-refractivity contribution in [2.45, 2.75) is 50.2 Å². The van der Waals surface area contributed by atoms with Gasteiger partial charge in [0.2, 0.25) is 0 Å². The Bertz CT molecular complexity index is 684. The Morgan fingerprint density at radius 3 is 2.68 bits per heavy atom. The summed E-state index contributed by atoms with van der Waals surface area (Å²) in [4.78, 5) is 0. The monoisotopic (exact) mass is 376 g/mol. The van der Waals surface area contributed by atoms with Crippen LogP contribution in [0.4, 0.5) is 0 Å². The molecule has 4 nitrogen and oxygen atoms in total. The van der Waals surface area contributed by atoms with Crippen LogP contribution in [0.3, 0.4) is 0 Å². The fourth-order valence-corrected chi connectivity index (χ4v) is 4.55. The first-order valence-corrected chi connectivity index (χ1v) is 10.4. The molecule has 0 amide bonds. The van der Waals surface area contributed by atoms with Gasteiger partial charge in [-0.05, 0) is 49.8 Å². The first kappa shape index (κ1) is 18.6. The minimum Gasteiger partial charge on any atom is -0.371 e. The largest absolute Gasteiger partial charge is 0.371 e. The highest BCUT2D eigenvalue weighted by molar-refractivity contribution is 7.99. The Balaban J connectivity index is 2.03. The van der Waals surface area contributed by atoms with E-state index in [1.165, 1.54) is 11.3 Å². The highest BCUT2D eigenvalue weighted by Crippen LogP contribution is 2.41. The first-order chi connectivity index (χ1) is 12.0. The summed E-state index contributed by atoms with van der Waals surface area (Å²) in [5.74, 6) is -0.119. The number of fused-ring (bicyclic) bond motifs is 1. The molecule has 134 valence electrons. The van der Waals surface area contributed by atoms with Crippen LogP contribution in [0.2, 0.25) is 5.02 Å². The molecule has 0 aliphatic carbocycles. The Hall–Kier alpha value is -1.19. The van der Waals surface area contributed by atoms with Gasteiger partial charge in [-0.25, -0.2) is 10.4 Å². The van der Waals surface area contributed by atoms with Crippen LogP contribution in [0.15, 0.2) is 36.0 Å². The summed E-state index contributed by atoms with van der Waals surface area (Å²) in [6.45, 7) is 4.41. The van der Waals surface area contributed by atoms with E-state index in [4.69, 9.17) is 11.6 Å². The third kappa shape index (κ3) is 3.41. The maximum atomic E-state index is 9.74. The lowest BCUT2D eigenvalue weighted by Crippen LogP contribution is -2.59. The van der Waals surface area contributed by atoms with Crippen LogP contribution < -0.4 is 10.7 Å². The number of nitriles is 1. The molecule has 1 fully saturated rings. The summed E-state index contributed by atoms with van der Waals surface area (Å²) in [6, 6.07) is 10.5. The molecule has 0 saturated carbocycles. The molecule has 1 saturated heterocycles. The number of thioether (sulfide) groups is 1. The molecular weight excluding hydrogens is 352 g/mol. The molecule has 0 aromatic heterocycles. The number of nitrogens with one attached hydrogen (secondary N) is 2. The number of allylic oxidation sites excluding steroid dienone is 1. The van der Waals surface area contributed by atoms with Gasteiger partial charge in [-0.1, -0.05) is 37.1 Å². The van der Waals surface area contributed by atoms with Crippen molar-refractivity contribution in [3.8, 4) is 6.07 Å². The van der Waals surface area contributed by atoms with E-state index in [0.717, 1.165) is 24.3 Å². The third-order valence-corrected chi connectivity index (χ3v) is 6.29. The number of rotatable bonds is 5. The maximum Gasteiger partial charge on any atom is 0.112 e. The van der Waals surface area contributed by atoms with Gasteiger partial charge in [0.1, 0.15) is 12.1 Å². The minimum absolute atomic E-state index is 0.0417. The first-order valence-electron chi connectivity index (χ1n) is 8.75. The molecule has 6 heteroatoms. The maximum absolute atomic E-state index is 9.74. The van der Waals surface area contributed by atoms with E-state index in [1.54, 1.807) is 11.8 Å². The number of unbranched alkanes of at least 4 members (excludes halogenated alkanes) is 1. The standard InChI is InChI=1S/C19H25ClN4S/c1-4-5-6-15-11-19(2,13-7-9-14(20)10-8-13)24-17(22-15)16(12-21)18(23-24)25-3/h7-11,16-18,22-23H,4-6H2,1-3H3. The van der Waals surface area contributed by atoms with Crippen LogP contribution in [-0.4, -0.2) is 22.8 Å². The zero-order chi connectivity index (χ0) is 18.0. The second kappa shape index (κ2) is 7.59. The van der Waals surface area contributed by atoms with Gasteiger partial charge in [-0.3, -0.25) is 0 Å². The Kier molecular flexibility index (Phi) is 5.65. The van der Waals surface area contributed by atoms with Gasteiger partial charge in [0.25, 0.3) is 0 Å². The Labute approximate surface area is 159 Å². The smallest absolute Gasteiger partial charge is 0.112 e. The van der Waals surface area contributed by atoms with E-state index in [-0.39, 0.29) is 23.0 Å². The van der Waals surface area contributed by atoms with E-state index in [1.807, 2.05) is 18.4 Å². The summed E-state index contributed by atoms with van der Waals surface area (Å²) in [5.41, 5.74) is 5.62. The molecular formula is C19H25ClN4S. The molecule has 4 unspecified atom stereocenters. The van der Waals surface area contributed by atoms with Crippen LogP contribution >= 0.6 is 23.4 Å². The topological polar surface area (TPSA) is 51.1 Å². The summed E-state index contributed by atoms with van der Waals surface area (Å²) in [5, 5.41) is 16.4. The fourth-order valence-electron chi connectivity index (χ4n) is 3.70. The quantitative estimate of drug-likeness (QED) is 0.806. The minimum atomic E-state index is -0.330. The highest BCUT2D eigenvalue weighted by atomic mass is 35.5. The second-order valence-corrected chi connectivity index (χ2v) is 8.24. The molecule has 3 rings (SSSR count). The molecule has 4 atom stereocenters. The summed E-state index contributed by atoms with van der Waals surface area (Å²) >= 11 is 7.78. The van der Waals surface area contributed by atoms with Crippen LogP contribution in [0.25, 0.3) is 0 Å². The lowest BCUT2D eigenvalue weighted by Gasteiger charge is -2.45. The van der Waals surface area contributed by atoms with Gasteiger partial charge in [0, 0.05) is 10.7 Å². The SMILES string of the molecule is CCCCC1=CC(C)(c2ccc(Cl)cc2)N2NC(SC)C(C#N)C2N1. The van der Waals surface area contributed by atoms with Gasteiger partial charge in [-0.2, -0.15) is 5.26 Å². The number of halogens is 1. The van der Waals surface area contributed by atoms with Crippen molar-refractivity contribution in [1.29, 1.82) is 5.26 Å². The number of hydrogen-bond donors (Lipinski definition) is 2. The van der Waals surface area contributed by atoms with Crippen molar-refractivity contribution in [2.75, 3.05) is 6.26 Å². The molecule has 2 aliphatic heterocycles. The van der Waals surface area contributed by atoms with Crippen molar-refractivity contribution in [1.82, 2.24) is 15.8 Å². The average molecular weight is 377 g/mol. The molecule has 0 bridgehead atoms. The predicted molar refractivity (Wildman–Crippen MR) is 105 cm³/mol. The van der Waals surface area contributed by atoms with Gasteiger partial charge >= 0.3 is 0 Å². The van der Waals surface area contributed by atoms with Gasteiger partial charge < -0.3 is 5.32 Å². The Morgan fingerprint density at radius 2 is 2.08 bits per heavy atom. The van der Waals surface area contributed by atoms with Crippen molar-refractivity contribution in [3.05, 3.63) is 46.6 Å². The predicted octanol–water partition coefficient (Wildman–Crippen LogP) is 4.21. The van der Waals surface area contributed by atoms with Crippen molar-refractivity contribution in [3.63, 3.8) is 0 Å². The van der Waals surface area contributed by atoms with Crippen LogP contribution in [-0.2, 0) is 5.54 Å². The molecule has 0 radical (unpaired) electrons. The van der Waals surface area contributed by atoms with E-state index in [9.17, 15) is 5.26 Å². The van der Waals surface area contributed by atoms with E-state index < -0.39 is 0 Å². The van der Waals surface area contributed by atoms with Crippen LogP contribution in [0, 0.1) is 17.2 Å². The summed E-state index contributed by atoms with van der Waals surface area (Å²) in [7, 11) is 0. The average Bonchev–Trinajstić information content (AvgIpc) is 2.99. The molecule has 1 aromatic carbocycles. The molecule has 2 heterocycles. The molecule has 0 spiro atoms. The van der Waals surface area contributed by atoms with Crippen molar-refractivity contribution < 1.29 is 0 Å². The third-order valence-electron chi connectivity index (χ3n) is 5.13. The highest BCUT2D eigenvalue weighted by Gasteiger charge is 2.51. The zero-order valence-corrected chi connectivity index (χ0v) is 16.5. The number of hydrogen-bond acceptors (Lipinski definition) is 5. The number of hydrazine groups is 1. The van der Waals surface area contributed by atoms with Crippen LogP contribution in [0.5, 0.6) is 0 Å². The molecule has 1 aromatic rings. The summed E-state index contributed by atoms with van der Waals surface area (Å²) < 4.78 is 0. The lowest BCUT2D eigenvalue weighted by molar-refractivity contribution is 0.0425. The van der Waals surface area contributed by atoms with E-state index >= 15 is 0 Å². The van der Waals surface area contributed by atoms with Crippen molar-refractivity contribution >= 4 is 23.4 Å². The van der Waals surface area contributed by atoms with Crippen molar-refractivity contribution in [2.24, 2.45) is 5.92 Å². The second-order valence-electron chi connectivity index (χ2n) is 6.83. The summed E-state index contributed by atoms with van der Waals surface area (Å²) in [6.07, 6.45) is 7.60. The van der Waals surface area contributed by atoms with Gasteiger partial charge in [0.05, 0.1) is 17.0 Å².